The van der Waals surface area contributed by atoms with Crippen LogP contribution in [0.25, 0.3) is 22.2 Å². The van der Waals surface area contributed by atoms with Gasteiger partial charge in [0.2, 0.25) is 11.8 Å². The summed E-state index contributed by atoms with van der Waals surface area (Å²) in [4.78, 5) is 20.6. The van der Waals surface area contributed by atoms with Crippen LogP contribution in [0.2, 0.25) is 5.02 Å². The highest BCUT2D eigenvalue weighted by Gasteiger charge is 2.22. The molecule has 0 aliphatic carbocycles. The second kappa shape index (κ2) is 6.04. The molecule has 1 aromatic carbocycles. The van der Waals surface area contributed by atoms with Gasteiger partial charge in [0.05, 0.1) is 17.6 Å². The summed E-state index contributed by atoms with van der Waals surface area (Å²) in [6, 6.07) is 3.66. The number of nitrogens with zero attached hydrogens (tertiary/aromatic N) is 3. The van der Waals surface area contributed by atoms with E-state index in [-0.39, 0.29) is 0 Å². The van der Waals surface area contributed by atoms with Gasteiger partial charge >= 0.3 is 0 Å². The zero-order chi connectivity index (χ0) is 17.6. The number of ether oxygens (including phenoxy) is 1. The third-order valence-corrected chi connectivity index (χ3v) is 4.92. The van der Waals surface area contributed by atoms with E-state index in [1.165, 1.54) is 0 Å². The predicted molar refractivity (Wildman–Crippen MR) is 97.8 cm³/mol. The first kappa shape index (κ1) is 15.9. The van der Waals surface area contributed by atoms with Crippen molar-refractivity contribution in [2.24, 2.45) is 0 Å². The third kappa shape index (κ3) is 2.44. The second-order valence-electron chi connectivity index (χ2n) is 6.05. The van der Waals surface area contributed by atoms with Gasteiger partial charge in [-0.15, -0.1) is 0 Å². The number of fused-ring (bicyclic) bond motifs is 3. The Bertz CT molecular complexity index is 997. The minimum absolute atomic E-state index is 0.527. The Morgan fingerprint density at radius 2 is 2.20 bits per heavy atom. The van der Waals surface area contributed by atoms with Crippen LogP contribution in [0.5, 0.6) is 5.88 Å². The fourth-order valence-corrected chi connectivity index (χ4v) is 3.60. The van der Waals surface area contributed by atoms with Gasteiger partial charge in [0, 0.05) is 42.0 Å². The second-order valence-corrected chi connectivity index (χ2v) is 6.43. The number of hydrogen-bond acceptors (Lipinski definition) is 5. The molecule has 1 aliphatic rings. The van der Waals surface area contributed by atoms with Crippen molar-refractivity contribution in [3.8, 4) is 17.0 Å². The lowest BCUT2D eigenvalue weighted by Gasteiger charge is -2.16. The Hall–Kier alpha value is -2.60. The van der Waals surface area contributed by atoms with Crippen molar-refractivity contribution in [2.75, 3.05) is 19.0 Å². The molecule has 2 aromatic heterocycles. The maximum Gasteiger partial charge on any atom is 0.213 e. The van der Waals surface area contributed by atoms with Crippen molar-refractivity contribution in [3.63, 3.8) is 0 Å². The highest BCUT2D eigenvalue weighted by Crippen LogP contribution is 2.39. The Morgan fingerprint density at radius 1 is 1.36 bits per heavy atom. The molecule has 25 heavy (non-hydrogen) atoms. The number of hydrogen-bond donors (Lipinski definition) is 1. The lowest BCUT2D eigenvalue weighted by molar-refractivity contribution is 0.112. The maximum atomic E-state index is 11.7. The predicted octanol–water partition coefficient (Wildman–Crippen LogP) is 3.70. The molecule has 4 rings (SSSR count). The first-order chi connectivity index (χ1) is 12.1. The third-order valence-electron chi connectivity index (χ3n) is 4.54. The van der Waals surface area contributed by atoms with Crippen molar-refractivity contribution < 1.29 is 9.53 Å². The van der Waals surface area contributed by atoms with Crippen molar-refractivity contribution >= 4 is 34.9 Å². The normalized spacial score (nSPS) is 13.4. The van der Waals surface area contributed by atoms with Crippen LogP contribution >= 0.6 is 11.6 Å². The van der Waals surface area contributed by atoms with Gasteiger partial charge in [-0.2, -0.15) is 0 Å². The number of carbonyl (C=O) groups is 1. The summed E-state index contributed by atoms with van der Waals surface area (Å²) in [6.45, 7) is 3.64. The van der Waals surface area contributed by atoms with Crippen molar-refractivity contribution in [1.82, 2.24) is 14.5 Å². The number of rotatable bonds is 3. The molecule has 0 fully saturated rings. The number of aldehydes is 1. The van der Waals surface area contributed by atoms with E-state index in [1.807, 2.05) is 23.6 Å². The fourth-order valence-electron chi connectivity index (χ4n) is 3.31. The molecule has 3 heterocycles. The number of halogens is 1. The van der Waals surface area contributed by atoms with Gasteiger partial charge < -0.3 is 14.6 Å². The minimum atomic E-state index is 0.527. The number of methoxy groups -OCH3 is 1. The Labute approximate surface area is 149 Å². The fraction of sp³-hybridized carbons (Fsp3) is 0.278. The van der Waals surface area contributed by atoms with Crippen LogP contribution in [0.4, 0.5) is 5.95 Å². The van der Waals surface area contributed by atoms with Gasteiger partial charge in [-0.3, -0.25) is 4.79 Å². The Kier molecular flexibility index (Phi) is 3.84. The van der Waals surface area contributed by atoms with Gasteiger partial charge in [0.1, 0.15) is 5.52 Å². The van der Waals surface area contributed by atoms with E-state index >= 15 is 0 Å². The summed E-state index contributed by atoms with van der Waals surface area (Å²) in [7, 11) is 1.58. The summed E-state index contributed by atoms with van der Waals surface area (Å²) in [6.07, 6.45) is 3.56. The number of aryl methyl sites for hydroxylation is 2. The van der Waals surface area contributed by atoms with E-state index in [1.54, 1.807) is 13.3 Å². The molecule has 0 radical (unpaired) electrons. The van der Waals surface area contributed by atoms with E-state index in [0.717, 1.165) is 54.0 Å². The average molecular weight is 357 g/mol. The standard InChI is InChI=1S/C18H17ClN4O2/c1-10-6-14(25-2)21-8-13(10)12-7-11(9-24)17-16(15(12)19)22-18-20-4-3-5-23(17)18/h6-9H,3-5H2,1-2H3,(H,20,22). The van der Waals surface area contributed by atoms with E-state index in [4.69, 9.17) is 16.3 Å². The van der Waals surface area contributed by atoms with Crippen molar-refractivity contribution in [2.45, 2.75) is 19.9 Å². The molecular weight excluding hydrogens is 340 g/mol. The van der Waals surface area contributed by atoms with Gasteiger partial charge in [-0.1, -0.05) is 11.6 Å². The number of benzene rings is 1. The van der Waals surface area contributed by atoms with Crippen LogP contribution in [0, 0.1) is 6.92 Å². The first-order valence-corrected chi connectivity index (χ1v) is 8.44. The average Bonchev–Trinajstić information content (AvgIpc) is 3.03. The van der Waals surface area contributed by atoms with Gasteiger partial charge in [0.25, 0.3) is 0 Å². The molecule has 7 heteroatoms. The first-order valence-electron chi connectivity index (χ1n) is 8.07. The summed E-state index contributed by atoms with van der Waals surface area (Å²) in [5.41, 5.74) is 4.57. The molecule has 1 aliphatic heterocycles. The largest absolute Gasteiger partial charge is 0.481 e. The lowest BCUT2D eigenvalue weighted by Crippen LogP contribution is -2.17. The molecular formula is C18H17ClN4O2. The molecule has 1 N–H and O–H groups in total. The van der Waals surface area contributed by atoms with E-state index < -0.39 is 0 Å². The zero-order valence-electron chi connectivity index (χ0n) is 14.0. The van der Waals surface area contributed by atoms with Crippen molar-refractivity contribution in [3.05, 3.63) is 34.5 Å². The Morgan fingerprint density at radius 3 is 2.92 bits per heavy atom. The molecule has 0 unspecified atom stereocenters. The van der Waals surface area contributed by atoms with E-state index in [9.17, 15) is 4.79 Å². The smallest absolute Gasteiger partial charge is 0.213 e. The maximum absolute atomic E-state index is 11.7. The van der Waals surface area contributed by atoms with Gasteiger partial charge in [-0.25, -0.2) is 9.97 Å². The lowest BCUT2D eigenvalue weighted by atomic mass is 9.99. The van der Waals surface area contributed by atoms with Gasteiger partial charge in [-0.05, 0) is 25.0 Å². The minimum Gasteiger partial charge on any atom is -0.481 e. The van der Waals surface area contributed by atoms with Crippen LogP contribution in [0.1, 0.15) is 22.3 Å². The van der Waals surface area contributed by atoms with Crippen LogP contribution in [0.15, 0.2) is 18.3 Å². The number of carbonyl (C=O) groups excluding carboxylic acids is 1. The van der Waals surface area contributed by atoms with Crippen LogP contribution in [0.3, 0.4) is 0 Å². The van der Waals surface area contributed by atoms with E-state index in [0.29, 0.717) is 22.0 Å². The summed E-state index contributed by atoms with van der Waals surface area (Å²) in [5, 5.41) is 3.79. The van der Waals surface area contributed by atoms with Crippen molar-refractivity contribution in [1.29, 1.82) is 0 Å². The SMILES string of the molecule is COc1cc(C)c(-c2cc(C=O)c3c(nc4n3CCCN4)c2Cl)cn1. The van der Waals surface area contributed by atoms with Crippen LogP contribution in [-0.2, 0) is 6.54 Å². The molecule has 0 atom stereocenters. The molecule has 3 aromatic rings. The Balaban J connectivity index is 2.00. The quantitative estimate of drug-likeness (QED) is 0.725. The number of aromatic nitrogens is 3. The highest BCUT2D eigenvalue weighted by molar-refractivity contribution is 6.38. The molecule has 6 nitrogen and oxygen atoms in total. The topological polar surface area (TPSA) is 69.0 Å². The number of imidazole rings is 1. The number of nitrogens with one attached hydrogen (secondary N) is 1. The zero-order valence-corrected chi connectivity index (χ0v) is 14.7. The van der Waals surface area contributed by atoms with E-state index in [2.05, 4.69) is 15.3 Å². The summed E-state index contributed by atoms with van der Waals surface area (Å²) in [5.74, 6) is 1.30. The molecule has 128 valence electrons. The monoisotopic (exact) mass is 356 g/mol. The molecule has 0 bridgehead atoms. The van der Waals surface area contributed by atoms with Crippen LogP contribution in [-0.4, -0.2) is 34.5 Å². The summed E-state index contributed by atoms with van der Waals surface area (Å²) >= 11 is 6.69. The molecule has 0 amide bonds. The molecule has 0 spiro atoms. The van der Waals surface area contributed by atoms with Gasteiger partial charge in [0.15, 0.2) is 6.29 Å². The summed E-state index contributed by atoms with van der Waals surface area (Å²) < 4.78 is 7.19. The number of anilines is 1. The highest BCUT2D eigenvalue weighted by atomic mass is 35.5. The van der Waals surface area contributed by atoms with Crippen LogP contribution < -0.4 is 10.1 Å². The molecule has 0 saturated heterocycles. The number of pyridine rings is 1. The molecule has 0 saturated carbocycles.